The zero-order valence-corrected chi connectivity index (χ0v) is 11.8. The molecule has 2 rings (SSSR count). The van der Waals surface area contributed by atoms with Gasteiger partial charge in [0.05, 0.1) is 25.4 Å². The molecule has 1 heterocycles. The fourth-order valence-electron chi connectivity index (χ4n) is 2.24. The van der Waals surface area contributed by atoms with Crippen LogP contribution in [0.15, 0.2) is 18.2 Å². The van der Waals surface area contributed by atoms with E-state index in [2.05, 4.69) is 5.32 Å². The fourth-order valence-corrected chi connectivity index (χ4v) is 2.24. The summed E-state index contributed by atoms with van der Waals surface area (Å²) in [5.41, 5.74) is 0.259. The Hall–Kier alpha value is -1.79. The first-order valence-corrected chi connectivity index (χ1v) is 6.58. The molecule has 110 valence electrons. The number of carbonyl (C=O) groups excluding carboxylic acids is 1. The summed E-state index contributed by atoms with van der Waals surface area (Å²) in [6.45, 7) is 2.22. The number of amides is 1. The zero-order chi connectivity index (χ0) is 14.5. The minimum absolute atomic E-state index is 0.0227. The van der Waals surface area contributed by atoms with Crippen molar-refractivity contribution >= 4 is 5.91 Å². The summed E-state index contributed by atoms with van der Waals surface area (Å²) in [4.78, 5) is 14.2. The Bertz CT molecular complexity index is 476. The van der Waals surface area contributed by atoms with E-state index in [1.165, 1.54) is 13.2 Å². The highest BCUT2D eigenvalue weighted by Gasteiger charge is 2.26. The van der Waals surface area contributed by atoms with Gasteiger partial charge in [0.2, 0.25) is 0 Å². The number of phenolic OH excluding ortho intramolecular Hbond substituents is 1. The molecule has 0 aliphatic carbocycles. The number of phenols is 1. The Kier molecular flexibility index (Phi) is 4.81. The summed E-state index contributed by atoms with van der Waals surface area (Å²) in [7, 11) is 3.37. The molecule has 1 aliphatic heterocycles. The number of aromatic hydroxyl groups is 1. The van der Waals surface area contributed by atoms with Crippen molar-refractivity contribution in [1.29, 1.82) is 0 Å². The van der Waals surface area contributed by atoms with Gasteiger partial charge in [0, 0.05) is 19.6 Å². The average Bonchev–Trinajstić information content (AvgIpc) is 2.48. The predicted octanol–water partition coefficient (Wildman–Crippen LogP) is 0.461. The molecule has 0 aromatic heterocycles. The van der Waals surface area contributed by atoms with E-state index in [9.17, 15) is 9.90 Å². The second-order valence-electron chi connectivity index (χ2n) is 4.68. The zero-order valence-electron chi connectivity index (χ0n) is 11.8. The fraction of sp³-hybridized carbons (Fsp3) is 0.500. The van der Waals surface area contributed by atoms with Crippen molar-refractivity contribution in [3.63, 3.8) is 0 Å². The molecule has 1 atom stereocenters. The van der Waals surface area contributed by atoms with Gasteiger partial charge in [-0.05, 0) is 25.2 Å². The quantitative estimate of drug-likeness (QED) is 0.838. The van der Waals surface area contributed by atoms with Crippen LogP contribution in [0.4, 0.5) is 0 Å². The van der Waals surface area contributed by atoms with E-state index in [-0.39, 0.29) is 23.3 Å². The van der Waals surface area contributed by atoms with Crippen molar-refractivity contribution in [2.45, 2.75) is 6.10 Å². The highest BCUT2D eigenvalue weighted by Crippen LogP contribution is 2.24. The summed E-state index contributed by atoms with van der Waals surface area (Å²) in [5.74, 6) is 0.310. The number of carbonyl (C=O) groups is 1. The lowest BCUT2D eigenvalue weighted by Crippen LogP contribution is -2.48. The van der Waals surface area contributed by atoms with Gasteiger partial charge in [-0.2, -0.15) is 0 Å². The number of benzene rings is 1. The minimum Gasteiger partial charge on any atom is -0.507 e. The Balaban J connectivity index is 2.14. The summed E-state index contributed by atoms with van der Waals surface area (Å²) in [5, 5.41) is 12.9. The number of ether oxygens (including phenoxy) is 2. The molecule has 1 aliphatic rings. The summed E-state index contributed by atoms with van der Waals surface area (Å²) in [6.07, 6.45) is -0.0227. The molecule has 0 spiro atoms. The van der Waals surface area contributed by atoms with Crippen LogP contribution in [0.25, 0.3) is 0 Å². The van der Waals surface area contributed by atoms with E-state index < -0.39 is 0 Å². The lowest BCUT2D eigenvalue weighted by molar-refractivity contribution is -0.0197. The van der Waals surface area contributed by atoms with Crippen LogP contribution < -0.4 is 10.1 Å². The molecule has 1 unspecified atom stereocenters. The van der Waals surface area contributed by atoms with Gasteiger partial charge in [-0.15, -0.1) is 0 Å². The Morgan fingerprint density at radius 3 is 3.10 bits per heavy atom. The van der Waals surface area contributed by atoms with Gasteiger partial charge in [-0.25, -0.2) is 0 Å². The standard InChI is InChI=1S/C14H20N2O4/c1-15-8-11-9-16(5-6-20-11)14(18)12-7-10(19-2)3-4-13(12)17/h3-4,7,11,15,17H,5-6,8-9H2,1-2H3. The molecule has 1 amide bonds. The van der Waals surface area contributed by atoms with Crippen molar-refractivity contribution in [3.8, 4) is 11.5 Å². The third-order valence-corrected chi connectivity index (χ3v) is 3.29. The summed E-state index contributed by atoms with van der Waals surface area (Å²) >= 11 is 0. The van der Waals surface area contributed by atoms with Gasteiger partial charge in [0.25, 0.3) is 5.91 Å². The van der Waals surface area contributed by atoms with E-state index in [1.807, 2.05) is 7.05 Å². The molecule has 1 saturated heterocycles. The highest BCUT2D eigenvalue weighted by atomic mass is 16.5. The number of hydrogen-bond donors (Lipinski definition) is 2. The van der Waals surface area contributed by atoms with Crippen LogP contribution in [0, 0.1) is 0 Å². The van der Waals surface area contributed by atoms with E-state index in [0.717, 1.165) is 0 Å². The first-order valence-electron chi connectivity index (χ1n) is 6.58. The molecule has 0 bridgehead atoms. The molecule has 1 aromatic carbocycles. The van der Waals surface area contributed by atoms with Crippen LogP contribution >= 0.6 is 0 Å². The topological polar surface area (TPSA) is 71.0 Å². The molecule has 1 aromatic rings. The number of nitrogens with one attached hydrogen (secondary N) is 1. The number of hydrogen-bond acceptors (Lipinski definition) is 5. The number of morpholine rings is 1. The molecule has 2 N–H and O–H groups in total. The van der Waals surface area contributed by atoms with Gasteiger partial charge in [0.1, 0.15) is 11.5 Å². The number of rotatable bonds is 4. The van der Waals surface area contributed by atoms with Crippen LogP contribution in [0.5, 0.6) is 11.5 Å². The number of likely N-dealkylation sites (N-methyl/N-ethyl adjacent to an activating group) is 1. The molecular formula is C14H20N2O4. The first-order chi connectivity index (χ1) is 9.65. The van der Waals surface area contributed by atoms with Crippen LogP contribution in [-0.4, -0.2) is 62.4 Å². The maximum Gasteiger partial charge on any atom is 0.257 e. The molecule has 20 heavy (non-hydrogen) atoms. The van der Waals surface area contributed by atoms with Crippen molar-refractivity contribution in [1.82, 2.24) is 10.2 Å². The van der Waals surface area contributed by atoms with Crippen molar-refractivity contribution in [2.24, 2.45) is 0 Å². The maximum absolute atomic E-state index is 12.5. The third kappa shape index (κ3) is 3.20. The Morgan fingerprint density at radius 2 is 2.40 bits per heavy atom. The SMILES string of the molecule is CNCC1CN(C(=O)c2cc(OC)ccc2O)CCO1. The van der Waals surface area contributed by atoms with Gasteiger partial charge < -0.3 is 24.8 Å². The van der Waals surface area contributed by atoms with Gasteiger partial charge in [0.15, 0.2) is 0 Å². The number of methoxy groups -OCH3 is 1. The van der Waals surface area contributed by atoms with Crippen LogP contribution in [0.3, 0.4) is 0 Å². The van der Waals surface area contributed by atoms with Gasteiger partial charge in [-0.1, -0.05) is 0 Å². The summed E-state index contributed by atoms with van der Waals surface area (Å²) < 4.78 is 10.7. The smallest absolute Gasteiger partial charge is 0.257 e. The molecule has 6 nitrogen and oxygen atoms in total. The van der Waals surface area contributed by atoms with Crippen molar-refractivity contribution < 1.29 is 19.4 Å². The molecule has 6 heteroatoms. The maximum atomic E-state index is 12.5. The van der Waals surface area contributed by atoms with E-state index in [4.69, 9.17) is 9.47 Å². The summed E-state index contributed by atoms with van der Waals surface area (Å²) in [6, 6.07) is 4.65. The lowest BCUT2D eigenvalue weighted by atomic mass is 10.1. The predicted molar refractivity (Wildman–Crippen MR) is 74.2 cm³/mol. The van der Waals surface area contributed by atoms with Crippen LogP contribution in [0.2, 0.25) is 0 Å². The molecular weight excluding hydrogens is 260 g/mol. The Morgan fingerprint density at radius 1 is 1.60 bits per heavy atom. The van der Waals surface area contributed by atoms with E-state index in [1.54, 1.807) is 17.0 Å². The monoisotopic (exact) mass is 280 g/mol. The van der Waals surface area contributed by atoms with Crippen LogP contribution in [-0.2, 0) is 4.74 Å². The molecule has 0 radical (unpaired) electrons. The van der Waals surface area contributed by atoms with Crippen molar-refractivity contribution in [3.05, 3.63) is 23.8 Å². The number of nitrogens with zero attached hydrogens (tertiary/aromatic N) is 1. The minimum atomic E-state index is -0.203. The first kappa shape index (κ1) is 14.6. The van der Waals surface area contributed by atoms with Crippen LogP contribution in [0.1, 0.15) is 10.4 Å². The third-order valence-electron chi connectivity index (χ3n) is 3.29. The lowest BCUT2D eigenvalue weighted by Gasteiger charge is -2.33. The van der Waals surface area contributed by atoms with Gasteiger partial charge in [-0.3, -0.25) is 4.79 Å². The average molecular weight is 280 g/mol. The van der Waals surface area contributed by atoms with E-state index in [0.29, 0.717) is 32.0 Å². The van der Waals surface area contributed by atoms with E-state index >= 15 is 0 Å². The largest absolute Gasteiger partial charge is 0.507 e. The van der Waals surface area contributed by atoms with Crippen molar-refractivity contribution in [2.75, 3.05) is 40.4 Å². The molecule has 0 saturated carbocycles. The van der Waals surface area contributed by atoms with Gasteiger partial charge >= 0.3 is 0 Å². The Labute approximate surface area is 118 Å². The molecule has 1 fully saturated rings. The highest BCUT2D eigenvalue weighted by molar-refractivity contribution is 5.97. The normalized spacial score (nSPS) is 18.9. The second kappa shape index (κ2) is 6.58. The second-order valence-corrected chi connectivity index (χ2v) is 4.68.